The van der Waals surface area contributed by atoms with Crippen LogP contribution in [-0.4, -0.2) is 64.4 Å². The van der Waals surface area contributed by atoms with Crippen molar-refractivity contribution in [3.8, 4) is 0 Å². The minimum atomic E-state index is -0.462. The molecule has 150 valence electrons. The molecule has 1 aromatic rings. The first kappa shape index (κ1) is 20.4. The van der Waals surface area contributed by atoms with Gasteiger partial charge >= 0.3 is 6.09 Å². The second kappa shape index (κ2) is 8.38. The topological polar surface area (TPSA) is 53.0 Å². The molecule has 0 bridgehead atoms. The molecule has 6 heteroatoms. The van der Waals surface area contributed by atoms with E-state index in [-0.39, 0.29) is 12.2 Å². The summed E-state index contributed by atoms with van der Waals surface area (Å²) >= 11 is 5.99. The van der Waals surface area contributed by atoms with Crippen molar-refractivity contribution in [2.75, 3.05) is 19.6 Å². The van der Waals surface area contributed by atoms with E-state index in [4.69, 9.17) is 16.3 Å². The Labute approximate surface area is 167 Å². The van der Waals surface area contributed by atoms with Crippen molar-refractivity contribution in [3.63, 3.8) is 0 Å². The van der Waals surface area contributed by atoms with Gasteiger partial charge in [0.05, 0.1) is 6.10 Å². The number of amides is 1. The molecule has 0 unspecified atom stereocenters. The summed E-state index contributed by atoms with van der Waals surface area (Å²) in [6.07, 6.45) is 3.06. The minimum absolute atomic E-state index is 0.222. The minimum Gasteiger partial charge on any atom is -0.444 e. The molecule has 27 heavy (non-hydrogen) atoms. The molecule has 2 aliphatic heterocycles. The van der Waals surface area contributed by atoms with Crippen LogP contribution in [-0.2, 0) is 11.2 Å². The van der Waals surface area contributed by atoms with E-state index in [1.807, 2.05) is 37.8 Å². The Hall–Kier alpha value is -1.30. The number of β-amino-alcohol motifs (C(OH)–C–C–N with tert-alkyl or cyclic N) is 1. The second-order valence-corrected chi connectivity index (χ2v) is 9.21. The monoisotopic (exact) mass is 394 g/mol. The molecule has 0 radical (unpaired) electrons. The number of nitrogens with zero attached hydrogens (tertiary/aromatic N) is 2. The molecule has 2 aliphatic rings. The van der Waals surface area contributed by atoms with E-state index in [1.165, 1.54) is 5.56 Å². The molecule has 1 N–H and O–H groups in total. The number of piperidine rings is 1. The zero-order valence-corrected chi connectivity index (χ0v) is 17.3. The predicted octanol–water partition coefficient (Wildman–Crippen LogP) is 3.72. The fourth-order valence-corrected chi connectivity index (χ4v) is 4.29. The average Bonchev–Trinajstić information content (AvgIpc) is 2.96. The van der Waals surface area contributed by atoms with Crippen LogP contribution in [0.25, 0.3) is 0 Å². The van der Waals surface area contributed by atoms with Gasteiger partial charge in [-0.05, 0) is 64.2 Å². The van der Waals surface area contributed by atoms with Gasteiger partial charge in [0.15, 0.2) is 0 Å². The lowest BCUT2D eigenvalue weighted by Gasteiger charge is -2.39. The third-order valence-electron chi connectivity index (χ3n) is 5.40. The zero-order valence-electron chi connectivity index (χ0n) is 16.5. The van der Waals surface area contributed by atoms with Crippen LogP contribution in [0.2, 0.25) is 5.02 Å². The number of ether oxygens (including phenoxy) is 1. The maximum absolute atomic E-state index is 12.3. The standard InChI is InChI=1S/C21H31ClN2O3/c1-21(2,3)27-20(26)23-10-8-17(9-11-23)24-14-19(25)13-18(24)12-15-4-6-16(22)7-5-15/h4-7,17-19,25H,8-14H2,1-3H3/t18-,19+/m0/s1. The first-order valence-corrected chi connectivity index (χ1v) is 10.3. The number of carbonyl (C=O) groups is 1. The van der Waals surface area contributed by atoms with E-state index >= 15 is 0 Å². The normalized spacial score (nSPS) is 25.0. The molecule has 2 atom stereocenters. The summed E-state index contributed by atoms with van der Waals surface area (Å²) in [7, 11) is 0. The van der Waals surface area contributed by atoms with Crippen molar-refractivity contribution >= 4 is 17.7 Å². The zero-order chi connectivity index (χ0) is 19.6. The largest absolute Gasteiger partial charge is 0.444 e. The maximum atomic E-state index is 12.3. The molecule has 2 heterocycles. The van der Waals surface area contributed by atoms with Gasteiger partial charge in [0.1, 0.15) is 5.60 Å². The van der Waals surface area contributed by atoms with Crippen LogP contribution in [0.3, 0.4) is 0 Å². The number of carbonyl (C=O) groups excluding carboxylic acids is 1. The van der Waals surface area contributed by atoms with E-state index in [2.05, 4.69) is 17.0 Å². The highest BCUT2D eigenvalue weighted by molar-refractivity contribution is 6.30. The highest BCUT2D eigenvalue weighted by atomic mass is 35.5. The number of halogens is 1. The van der Waals surface area contributed by atoms with Crippen LogP contribution in [0, 0.1) is 0 Å². The number of benzene rings is 1. The number of hydrogen-bond acceptors (Lipinski definition) is 4. The van der Waals surface area contributed by atoms with Gasteiger partial charge in [-0.1, -0.05) is 23.7 Å². The highest BCUT2D eigenvalue weighted by Gasteiger charge is 2.37. The Morgan fingerprint density at radius 3 is 2.44 bits per heavy atom. The van der Waals surface area contributed by atoms with Gasteiger partial charge in [-0.3, -0.25) is 4.90 Å². The van der Waals surface area contributed by atoms with E-state index < -0.39 is 5.60 Å². The molecule has 2 saturated heterocycles. The van der Waals surface area contributed by atoms with Crippen LogP contribution in [0.15, 0.2) is 24.3 Å². The average molecular weight is 395 g/mol. The Kier molecular flexibility index (Phi) is 6.34. The Balaban J connectivity index is 1.57. The quantitative estimate of drug-likeness (QED) is 0.848. The molecule has 0 spiro atoms. The summed E-state index contributed by atoms with van der Waals surface area (Å²) in [5.41, 5.74) is 0.783. The van der Waals surface area contributed by atoms with Gasteiger partial charge < -0.3 is 14.7 Å². The third-order valence-corrected chi connectivity index (χ3v) is 5.66. The lowest BCUT2D eigenvalue weighted by molar-refractivity contribution is 0.0128. The number of hydrogen-bond donors (Lipinski definition) is 1. The van der Waals surface area contributed by atoms with E-state index in [0.717, 1.165) is 37.3 Å². The van der Waals surface area contributed by atoms with Crippen molar-refractivity contribution < 1.29 is 14.6 Å². The summed E-state index contributed by atoms with van der Waals surface area (Å²) in [6, 6.07) is 8.71. The smallest absolute Gasteiger partial charge is 0.410 e. The predicted molar refractivity (Wildman–Crippen MR) is 107 cm³/mol. The van der Waals surface area contributed by atoms with Gasteiger partial charge in [-0.15, -0.1) is 0 Å². The molecule has 5 nitrogen and oxygen atoms in total. The Bertz CT molecular complexity index is 636. The van der Waals surface area contributed by atoms with Gasteiger partial charge in [0.25, 0.3) is 0 Å². The van der Waals surface area contributed by atoms with Crippen molar-refractivity contribution in [2.45, 2.75) is 70.2 Å². The lowest BCUT2D eigenvalue weighted by atomic mass is 9.99. The number of rotatable bonds is 3. The first-order valence-electron chi connectivity index (χ1n) is 9.87. The summed E-state index contributed by atoms with van der Waals surface area (Å²) in [5, 5.41) is 11.0. The fourth-order valence-electron chi connectivity index (χ4n) is 4.16. The van der Waals surface area contributed by atoms with Gasteiger partial charge in [0.2, 0.25) is 0 Å². The van der Waals surface area contributed by atoms with Crippen LogP contribution < -0.4 is 0 Å². The number of aliphatic hydroxyl groups is 1. The number of aliphatic hydroxyl groups excluding tert-OH is 1. The van der Waals surface area contributed by atoms with E-state index in [1.54, 1.807) is 0 Å². The Morgan fingerprint density at radius 1 is 1.22 bits per heavy atom. The van der Waals surface area contributed by atoms with Crippen LogP contribution >= 0.6 is 11.6 Å². The van der Waals surface area contributed by atoms with E-state index in [9.17, 15) is 9.90 Å². The maximum Gasteiger partial charge on any atom is 0.410 e. The molecule has 0 saturated carbocycles. The molecule has 1 amide bonds. The second-order valence-electron chi connectivity index (χ2n) is 8.77. The van der Waals surface area contributed by atoms with E-state index in [0.29, 0.717) is 25.2 Å². The molecule has 0 aromatic heterocycles. The summed E-state index contributed by atoms with van der Waals surface area (Å²) in [5.74, 6) is 0. The van der Waals surface area contributed by atoms with Gasteiger partial charge in [-0.2, -0.15) is 0 Å². The third kappa shape index (κ3) is 5.59. The summed E-state index contributed by atoms with van der Waals surface area (Å²) in [4.78, 5) is 16.5. The lowest BCUT2D eigenvalue weighted by Crippen LogP contribution is -2.49. The number of likely N-dealkylation sites (tertiary alicyclic amines) is 2. The molecular weight excluding hydrogens is 364 g/mol. The van der Waals surface area contributed by atoms with Crippen molar-refractivity contribution in [3.05, 3.63) is 34.9 Å². The van der Waals surface area contributed by atoms with Gasteiger partial charge in [-0.25, -0.2) is 4.79 Å². The van der Waals surface area contributed by atoms with Crippen LogP contribution in [0.1, 0.15) is 45.6 Å². The molecule has 3 rings (SSSR count). The molecule has 1 aromatic carbocycles. The van der Waals surface area contributed by atoms with Crippen molar-refractivity contribution in [1.82, 2.24) is 9.80 Å². The highest BCUT2D eigenvalue weighted by Crippen LogP contribution is 2.29. The summed E-state index contributed by atoms with van der Waals surface area (Å²) in [6.45, 7) is 7.81. The Morgan fingerprint density at radius 2 is 1.85 bits per heavy atom. The van der Waals surface area contributed by atoms with Crippen LogP contribution in [0.5, 0.6) is 0 Å². The first-order chi connectivity index (χ1) is 12.7. The van der Waals surface area contributed by atoms with Crippen molar-refractivity contribution in [2.24, 2.45) is 0 Å². The molecule has 0 aliphatic carbocycles. The fraction of sp³-hybridized carbons (Fsp3) is 0.667. The van der Waals surface area contributed by atoms with Gasteiger partial charge in [0, 0.05) is 36.7 Å². The summed E-state index contributed by atoms with van der Waals surface area (Å²) < 4.78 is 5.49. The SMILES string of the molecule is CC(C)(C)OC(=O)N1CCC(N2C[C@H](O)C[C@@H]2Cc2ccc(Cl)cc2)CC1. The molecular formula is C21H31ClN2O3. The van der Waals surface area contributed by atoms with Crippen LogP contribution in [0.4, 0.5) is 4.79 Å². The molecule has 2 fully saturated rings. The van der Waals surface area contributed by atoms with Crippen molar-refractivity contribution in [1.29, 1.82) is 0 Å².